The van der Waals surface area contributed by atoms with Crippen molar-refractivity contribution in [1.29, 1.82) is 0 Å². The topological polar surface area (TPSA) is 149 Å². The Kier molecular flexibility index (Phi) is 15.7. The van der Waals surface area contributed by atoms with Crippen molar-refractivity contribution in [1.82, 2.24) is 20.1 Å². The molecule has 1 N–H and O–H groups in total. The van der Waals surface area contributed by atoms with Crippen molar-refractivity contribution < 1.29 is 38.0 Å². The maximum atomic E-state index is 13.2. The molecule has 1 unspecified atom stereocenters. The van der Waals surface area contributed by atoms with Crippen molar-refractivity contribution >= 4 is 35.1 Å². The monoisotopic (exact) mass is 708 g/mol. The van der Waals surface area contributed by atoms with E-state index >= 15 is 0 Å². The van der Waals surface area contributed by atoms with Gasteiger partial charge in [-0.2, -0.15) is 5.10 Å². The highest BCUT2D eigenvalue weighted by atomic mass is 35.5. The second-order valence-electron chi connectivity index (χ2n) is 11.4. The molecule has 2 aromatic heterocycles. The highest BCUT2D eigenvalue weighted by molar-refractivity contribution is 6.39. The second kappa shape index (κ2) is 19.4. The zero-order chi connectivity index (χ0) is 35.1. The first kappa shape index (κ1) is 38.9. The summed E-state index contributed by atoms with van der Waals surface area (Å²) in [4.78, 5) is 43.3. The van der Waals surface area contributed by atoms with Crippen LogP contribution in [-0.4, -0.2) is 98.2 Å². The molecule has 0 spiro atoms. The van der Waals surface area contributed by atoms with Gasteiger partial charge >= 0.3 is 5.97 Å². The van der Waals surface area contributed by atoms with Gasteiger partial charge in [0.2, 0.25) is 0 Å². The Morgan fingerprint density at radius 3 is 2.00 bits per heavy atom. The molecule has 0 fully saturated rings. The van der Waals surface area contributed by atoms with Crippen molar-refractivity contribution in [2.75, 3.05) is 60.0 Å². The van der Waals surface area contributed by atoms with E-state index in [0.29, 0.717) is 62.1 Å². The summed E-state index contributed by atoms with van der Waals surface area (Å²) >= 11 is 12.3. The Hall–Kier alpha value is -3.59. The number of aromatic nitrogens is 3. The molecule has 48 heavy (non-hydrogen) atoms. The SMILES string of the molecule is COCCOCCOCCOCCOc1cnn(C)c(=O)c1-c1ccc(CC(NC(=O)c2c(Cl)cncc2Cl)C(=O)OC(C)(C)C)cc1. The number of carbonyl (C=O) groups is 2. The number of nitrogens with one attached hydrogen (secondary N) is 1. The predicted octanol–water partition coefficient (Wildman–Crippen LogP) is 3.91. The molecule has 1 amide bonds. The molecule has 15 heteroatoms. The van der Waals surface area contributed by atoms with Gasteiger partial charge in [-0.05, 0) is 31.9 Å². The highest BCUT2D eigenvalue weighted by Gasteiger charge is 2.29. The molecule has 1 atom stereocenters. The standard InChI is InChI=1S/C33H42Cl2N4O9/c1-33(2,3)48-32(42)26(38-30(40)29-24(34)19-36-20-25(29)35)18-22-6-8-23(9-7-22)28-27(21-37-39(4)31(28)41)47-17-16-46-15-14-45-13-12-44-11-10-43-5/h6-9,19-21,26H,10-18H2,1-5H3,(H,38,40). The average molecular weight is 710 g/mol. The Balaban J connectivity index is 1.65. The number of aryl methyl sites for hydroxylation is 1. The van der Waals surface area contributed by atoms with Gasteiger partial charge in [0.1, 0.15) is 18.2 Å². The number of hydrogen-bond donors (Lipinski definition) is 1. The van der Waals surface area contributed by atoms with Gasteiger partial charge in [0, 0.05) is 33.0 Å². The van der Waals surface area contributed by atoms with Crippen molar-refractivity contribution in [2.45, 2.75) is 38.8 Å². The van der Waals surface area contributed by atoms with Crippen LogP contribution in [0.1, 0.15) is 36.7 Å². The molecule has 2 heterocycles. The van der Waals surface area contributed by atoms with Gasteiger partial charge in [-0.15, -0.1) is 0 Å². The minimum Gasteiger partial charge on any atom is -0.489 e. The lowest BCUT2D eigenvalue weighted by Crippen LogP contribution is -2.45. The van der Waals surface area contributed by atoms with Gasteiger partial charge in [-0.3, -0.25) is 14.6 Å². The fourth-order valence-corrected chi connectivity index (χ4v) is 4.80. The molecular weight excluding hydrogens is 667 g/mol. The van der Waals surface area contributed by atoms with Crippen LogP contribution in [0.5, 0.6) is 5.75 Å². The van der Waals surface area contributed by atoms with E-state index in [2.05, 4.69) is 15.4 Å². The zero-order valence-corrected chi connectivity index (χ0v) is 29.3. The van der Waals surface area contributed by atoms with Gasteiger partial charge in [-0.1, -0.05) is 47.5 Å². The Morgan fingerprint density at radius 1 is 0.875 bits per heavy atom. The molecule has 0 aliphatic rings. The third-order valence-corrected chi connectivity index (χ3v) is 7.10. The van der Waals surface area contributed by atoms with E-state index < -0.39 is 23.5 Å². The number of esters is 1. The summed E-state index contributed by atoms with van der Waals surface area (Å²) in [6, 6.07) is 5.89. The van der Waals surface area contributed by atoms with E-state index in [4.69, 9.17) is 51.6 Å². The molecule has 0 saturated heterocycles. The van der Waals surface area contributed by atoms with E-state index in [-0.39, 0.29) is 40.8 Å². The normalized spacial score (nSPS) is 12.1. The number of benzene rings is 1. The van der Waals surface area contributed by atoms with Crippen molar-refractivity contribution in [2.24, 2.45) is 7.05 Å². The lowest BCUT2D eigenvalue weighted by Gasteiger charge is -2.25. The van der Waals surface area contributed by atoms with Crippen molar-refractivity contribution in [3.05, 3.63) is 74.4 Å². The van der Waals surface area contributed by atoms with Gasteiger partial charge in [-0.25, -0.2) is 9.48 Å². The first-order chi connectivity index (χ1) is 22.9. The lowest BCUT2D eigenvalue weighted by atomic mass is 10.0. The van der Waals surface area contributed by atoms with Crippen molar-refractivity contribution in [3.8, 4) is 16.9 Å². The van der Waals surface area contributed by atoms with Crippen molar-refractivity contribution in [3.63, 3.8) is 0 Å². The lowest BCUT2D eigenvalue weighted by molar-refractivity contribution is -0.157. The summed E-state index contributed by atoms with van der Waals surface area (Å²) in [6.07, 6.45) is 4.14. The molecule has 3 rings (SSSR count). The van der Waals surface area contributed by atoms with E-state index in [1.54, 1.807) is 59.2 Å². The summed E-state index contributed by atoms with van der Waals surface area (Å²) in [5.41, 5.74) is 0.421. The molecule has 1 aromatic carbocycles. The Morgan fingerprint density at radius 2 is 1.44 bits per heavy atom. The van der Waals surface area contributed by atoms with E-state index in [9.17, 15) is 14.4 Å². The number of nitrogens with zero attached hydrogens (tertiary/aromatic N) is 3. The maximum absolute atomic E-state index is 13.2. The number of halogens is 2. The summed E-state index contributed by atoms with van der Waals surface area (Å²) in [7, 11) is 3.16. The molecule has 0 saturated carbocycles. The van der Waals surface area contributed by atoms with Gasteiger partial charge < -0.3 is 33.7 Å². The van der Waals surface area contributed by atoms with Gasteiger partial charge in [0.25, 0.3) is 11.5 Å². The number of rotatable bonds is 19. The van der Waals surface area contributed by atoms with E-state index in [1.165, 1.54) is 23.3 Å². The number of methoxy groups -OCH3 is 1. The highest BCUT2D eigenvalue weighted by Crippen LogP contribution is 2.27. The van der Waals surface area contributed by atoms with Crippen LogP contribution in [0, 0.1) is 0 Å². The van der Waals surface area contributed by atoms with Crippen LogP contribution < -0.4 is 15.6 Å². The predicted molar refractivity (Wildman–Crippen MR) is 180 cm³/mol. The van der Waals surface area contributed by atoms with Crippen LogP contribution in [0.25, 0.3) is 11.1 Å². The van der Waals surface area contributed by atoms with E-state index in [1.807, 2.05) is 0 Å². The van der Waals surface area contributed by atoms with Crippen LogP contribution in [0.4, 0.5) is 0 Å². The quantitative estimate of drug-likeness (QED) is 0.143. The Bertz CT molecular complexity index is 1530. The van der Waals surface area contributed by atoms with E-state index in [0.717, 1.165) is 0 Å². The first-order valence-corrected chi connectivity index (χ1v) is 16.0. The maximum Gasteiger partial charge on any atom is 0.329 e. The summed E-state index contributed by atoms with van der Waals surface area (Å²) < 4.78 is 33.9. The van der Waals surface area contributed by atoms with Gasteiger partial charge in [0.05, 0.1) is 73.6 Å². The summed E-state index contributed by atoms with van der Waals surface area (Å²) in [5.74, 6) is -0.994. The number of hydrogen-bond acceptors (Lipinski definition) is 11. The van der Waals surface area contributed by atoms with Crippen LogP contribution >= 0.6 is 23.2 Å². The molecule has 3 aromatic rings. The number of pyridine rings is 1. The van der Waals surface area contributed by atoms with Crippen LogP contribution in [-0.2, 0) is 41.9 Å². The van der Waals surface area contributed by atoms with Crippen LogP contribution in [0.2, 0.25) is 10.0 Å². The smallest absolute Gasteiger partial charge is 0.329 e. The third-order valence-electron chi connectivity index (χ3n) is 6.52. The number of ether oxygens (including phenoxy) is 6. The molecule has 0 bridgehead atoms. The van der Waals surface area contributed by atoms with Crippen LogP contribution in [0.3, 0.4) is 0 Å². The zero-order valence-electron chi connectivity index (χ0n) is 27.8. The summed E-state index contributed by atoms with van der Waals surface area (Å²) in [5, 5.41) is 6.87. The van der Waals surface area contributed by atoms with Gasteiger partial charge in [0.15, 0.2) is 5.75 Å². The Labute approximate surface area is 289 Å². The minimum atomic E-state index is -1.07. The molecule has 0 aliphatic heterocycles. The molecule has 13 nitrogen and oxygen atoms in total. The molecule has 0 radical (unpaired) electrons. The number of carbonyl (C=O) groups excluding carboxylic acids is 2. The fraction of sp³-hybridized carbons (Fsp3) is 0.485. The second-order valence-corrected chi connectivity index (χ2v) is 12.2. The first-order valence-electron chi connectivity index (χ1n) is 15.2. The molecule has 262 valence electrons. The van der Waals surface area contributed by atoms with Crippen LogP contribution in [0.15, 0.2) is 47.7 Å². The molecule has 0 aliphatic carbocycles. The summed E-state index contributed by atoms with van der Waals surface area (Å²) in [6.45, 7) is 8.42. The third kappa shape index (κ3) is 12.5. The largest absolute Gasteiger partial charge is 0.489 e. The number of amides is 1. The molecular formula is C33H42Cl2N4O9. The fourth-order valence-electron chi connectivity index (χ4n) is 4.26. The minimum absolute atomic E-state index is 0.00319. The average Bonchev–Trinajstić information content (AvgIpc) is 3.02.